The zero-order chi connectivity index (χ0) is 16.4. The second kappa shape index (κ2) is 6.95. The fraction of sp³-hybridized carbons (Fsp3) is 0. The van der Waals surface area contributed by atoms with Crippen LogP contribution in [0.1, 0.15) is 0 Å². The Bertz CT molecular complexity index is 936. The molecule has 0 spiro atoms. The summed E-state index contributed by atoms with van der Waals surface area (Å²) >= 11 is 6.58. The molecule has 0 amide bonds. The van der Waals surface area contributed by atoms with Crippen LogP contribution in [0.15, 0.2) is 88.6 Å². The van der Waals surface area contributed by atoms with E-state index in [1.54, 1.807) is 18.2 Å². The monoisotopic (exact) mass is 452 g/mol. The summed E-state index contributed by atoms with van der Waals surface area (Å²) in [6, 6.07) is 18.0. The number of hydrogen-bond donors (Lipinski definition) is 0. The molecule has 0 saturated carbocycles. The highest BCUT2D eigenvalue weighted by atomic mass is 79.9. The molecule has 0 radical (unpaired) electrons. The van der Waals surface area contributed by atoms with Crippen LogP contribution in [0, 0.1) is 0 Å². The Morgan fingerprint density at radius 2 is 1.65 bits per heavy atom. The summed E-state index contributed by atoms with van der Waals surface area (Å²) < 4.78 is 19.1. The van der Waals surface area contributed by atoms with Crippen molar-refractivity contribution in [1.29, 1.82) is 0 Å². The van der Waals surface area contributed by atoms with Gasteiger partial charge in [0.1, 0.15) is 10.2 Å². The summed E-state index contributed by atoms with van der Waals surface area (Å²) in [6.45, 7) is 0. The zero-order valence-electron chi connectivity index (χ0n) is 11.7. The predicted octanol–water partition coefficient (Wildman–Crippen LogP) is 5.00. The Balaban J connectivity index is 2.15. The SMILES string of the molecule is O=c1oc(-c2cccc(Br)c2)cc(S(=O)c2ccccc2)c1Br. The average Bonchev–Trinajstić information content (AvgIpc) is 2.57. The van der Waals surface area contributed by atoms with E-state index in [0.29, 0.717) is 15.6 Å². The maximum absolute atomic E-state index is 12.8. The minimum absolute atomic E-state index is 0.179. The predicted molar refractivity (Wildman–Crippen MR) is 96.9 cm³/mol. The molecule has 3 rings (SSSR count). The summed E-state index contributed by atoms with van der Waals surface area (Å²) in [7, 11) is -1.48. The molecule has 0 fully saturated rings. The van der Waals surface area contributed by atoms with Gasteiger partial charge in [0.2, 0.25) is 0 Å². The molecule has 1 atom stereocenters. The van der Waals surface area contributed by atoms with E-state index in [4.69, 9.17) is 4.42 Å². The highest BCUT2D eigenvalue weighted by Crippen LogP contribution is 2.28. The smallest absolute Gasteiger partial charge is 0.351 e. The number of halogens is 2. The fourth-order valence-electron chi connectivity index (χ4n) is 2.05. The largest absolute Gasteiger partial charge is 0.422 e. The van der Waals surface area contributed by atoms with Crippen molar-refractivity contribution in [3.8, 4) is 11.3 Å². The molecule has 1 heterocycles. The second-order valence-electron chi connectivity index (χ2n) is 4.67. The highest BCUT2D eigenvalue weighted by molar-refractivity contribution is 9.10. The zero-order valence-corrected chi connectivity index (χ0v) is 15.7. The van der Waals surface area contributed by atoms with Gasteiger partial charge >= 0.3 is 5.63 Å². The number of benzene rings is 2. The van der Waals surface area contributed by atoms with Crippen LogP contribution in [0.25, 0.3) is 11.3 Å². The van der Waals surface area contributed by atoms with Gasteiger partial charge in [0.05, 0.1) is 15.7 Å². The van der Waals surface area contributed by atoms with E-state index >= 15 is 0 Å². The summed E-state index contributed by atoms with van der Waals surface area (Å²) in [5.74, 6) is 0.374. The van der Waals surface area contributed by atoms with Crippen molar-refractivity contribution in [2.45, 2.75) is 9.79 Å². The minimum Gasteiger partial charge on any atom is -0.422 e. The van der Waals surface area contributed by atoms with Gasteiger partial charge in [-0.05, 0) is 46.3 Å². The van der Waals surface area contributed by atoms with E-state index in [9.17, 15) is 9.00 Å². The third-order valence-corrected chi connectivity index (χ3v) is 6.05. The van der Waals surface area contributed by atoms with Crippen LogP contribution in [0.2, 0.25) is 0 Å². The van der Waals surface area contributed by atoms with Gasteiger partial charge in [0.25, 0.3) is 0 Å². The van der Waals surface area contributed by atoms with E-state index in [-0.39, 0.29) is 4.47 Å². The summed E-state index contributed by atoms with van der Waals surface area (Å²) in [6.07, 6.45) is 0. The molecule has 1 unspecified atom stereocenters. The standard InChI is InChI=1S/C17H10Br2O3S/c18-12-6-4-5-11(9-12)14-10-15(16(19)17(20)22-14)23(21)13-7-2-1-3-8-13/h1-10H. The van der Waals surface area contributed by atoms with Crippen LogP contribution in [-0.4, -0.2) is 4.21 Å². The van der Waals surface area contributed by atoms with Gasteiger partial charge in [-0.3, -0.25) is 0 Å². The molecule has 3 nitrogen and oxygen atoms in total. The lowest BCUT2D eigenvalue weighted by Gasteiger charge is -2.07. The maximum Gasteiger partial charge on any atom is 0.351 e. The fourth-order valence-corrected chi connectivity index (χ4v) is 4.20. The normalized spacial score (nSPS) is 12.1. The van der Waals surface area contributed by atoms with Gasteiger partial charge in [-0.1, -0.05) is 46.3 Å². The number of hydrogen-bond acceptors (Lipinski definition) is 3. The van der Waals surface area contributed by atoms with Crippen LogP contribution < -0.4 is 5.63 Å². The Kier molecular flexibility index (Phi) is 4.94. The van der Waals surface area contributed by atoms with Crippen LogP contribution >= 0.6 is 31.9 Å². The lowest BCUT2D eigenvalue weighted by Crippen LogP contribution is -2.06. The summed E-state index contributed by atoms with van der Waals surface area (Å²) in [5.41, 5.74) is 0.178. The molecule has 6 heteroatoms. The van der Waals surface area contributed by atoms with Gasteiger partial charge < -0.3 is 4.42 Å². The maximum atomic E-state index is 12.8. The Morgan fingerprint density at radius 1 is 0.913 bits per heavy atom. The molecule has 0 bridgehead atoms. The average molecular weight is 454 g/mol. The van der Waals surface area contributed by atoms with Crippen molar-refractivity contribution in [1.82, 2.24) is 0 Å². The van der Waals surface area contributed by atoms with E-state index in [0.717, 1.165) is 10.0 Å². The molecule has 3 aromatic rings. The van der Waals surface area contributed by atoms with Crippen LogP contribution in [0.3, 0.4) is 0 Å². The van der Waals surface area contributed by atoms with Crippen molar-refractivity contribution in [3.05, 3.63) is 80.0 Å². The molecule has 0 aliphatic carbocycles. The van der Waals surface area contributed by atoms with Crippen molar-refractivity contribution < 1.29 is 8.63 Å². The summed E-state index contributed by atoms with van der Waals surface area (Å²) in [4.78, 5) is 13.1. The first-order valence-corrected chi connectivity index (χ1v) is 9.36. The van der Waals surface area contributed by atoms with E-state index < -0.39 is 16.4 Å². The quantitative estimate of drug-likeness (QED) is 0.560. The third-order valence-electron chi connectivity index (χ3n) is 3.13. The lowest BCUT2D eigenvalue weighted by atomic mass is 10.2. The molecule has 23 heavy (non-hydrogen) atoms. The molecular weight excluding hydrogens is 444 g/mol. The van der Waals surface area contributed by atoms with Crippen molar-refractivity contribution in [2.24, 2.45) is 0 Å². The van der Waals surface area contributed by atoms with Crippen molar-refractivity contribution >= 4 is 42.7 Å². The van der Waals surface area contributed by atoms with E-state index in [1.165, 1.54) is 0 Å². The van der Waals surface area contributed by atoms with Gasteiger partial charge in [0, 0.05) is 14.9 Å². The molecular formula is C17H10Br2O3S. The Hall–Kier alpha value is -1.50. The molecule has 2 aromatic carbocycles. The van der Waals surface area contributed by atoms with Gasteiger partial charge in [-0.25, -0.2) is 9.00 Å². The molecule has 1 aromatic heterocycles. The number of rotatable bonds is 3. The Morgan fingerprint density at radius 3 is 2.35 bits per heavy atom. The van der Waals surface area contributed by atoms with Gasteiger partial charge in [-0.2, -0.15) is 0 Å². The second-order valence-corrected chi connectivity index (χ2v) is 7.83. The van der Waals surface area contributed by atoms with E-state index in [1.807, 2.05) is 42.5 Å². The lowest BCUT2D eigenvalue weighted by molar-refractivity contribution is 0.515. The van der Waals surface area contributed by atoms with Crippen molar-refractivity contribution in [2.75, 3.05) is 0 Å². The molecule has 0 N–H and O–H groups in total. The van der Waals surface area contributed by atoms with Gasteiger partial charge in [0.15, 0.2) is 0 Å². The first-order chi connectivity index (χ1) is 11.1. The first-order valence-electron chi connectivity index (χ1n) is 6.62. The highest BCUT2D eigenvalue weighted by Gasteiger charge is 2.17. The molecule has 116 valence electrons. The third kappa shape index (κ3) is 3.54. The summed E-state index contributed by atoms with van der Waals surface area (Å²) in [5, 5.41) is 0. The van der Waals surface area contributed by atoms with Crippen LogP contribution in [0.4, 0.5) is 0 Å². The topological polar surface area (TPSA) is 47.3 Å². The molecule has 0 saturated heterocycles. The van der Waals surface area contributed by atoms with Crippen LogP contribution in [-0.2, 0) is 10.8 Å². The Labute approximate surface area is 152 Å². The minimum atomic E-state index is -1.48. The van der Waals surface area contributed by atoms with E-state index in [2.05, 4.69) is 31.9 Å². The van der Waals surface area contributed by atoms with Gasteiger partial charge in [-0.15, -0.1) is 0 Å². The van der Waals surface area contributed by atoms with Crippen LogP contribution in [0.5, 0.6) is 0 Å². The molecule has 0 aliphatic heterocycles. The van der Waals surface area contributed by atoms with Crippen molar-refractivity contribution in [3.63, 3.8) is 0 Å². The first kappa shape index (κ1) is 16.4. The molecule has 0 aliphatic rings.